The van der Waals surface area contributed by atoms with Crippen molar-refractivity contribution in [2.45, 2.75) is 45.1 Å². The first-order valence-corrected chi connectivity index (χ1v) is 10.9. The van der Waals surface area contributed by atoms with Crippen LogP contribution in [0.5, 0.6) is 0 Å². The number of benzene rings is 1. The highest BCUT2D eigenvalue weighted by molar-refractivity contribution is 8.26. The molecule has 2 fully saturated rings. The minimum Gasteiger partial charge on any atom is -0.340 e. The Morgan fingerprint density at radius 1 is 1.37 bits per heavy atom. The maximum absolute atomic E-state index is 12.7. The Bertz CT molecular complexity index is 781. The molecule has 1 aromatic rings. The molecule has 2 amide bonds. The lowest BCUT2D eigenvalue weighted by Gasteiger charge is -2.35. The Kier molecular flexibility index (Phi) is 6.95. The summed E-state index contributed by atoms with van der Waals surface area (Å²) in [6.45, 7) is 3.27. The van der Waals surface area contributed by atoms with E-state index in [1.807, 2.05) is 23.1 Å². The lowest BCUT2D eigenvalue weighted by atomic mass is 9.99. The van der Waals surface area contributed by atoms with Gasteiger partial charge in [0.1, 0.15) is 4.32 Å². The van der Waals surface area contributed by atoms with Crippen LogP contribution in [0.2, 0.25) is 5.02 Å². The van der Waals surface area contributed by atoms with Crippen LogP contribution in [0.15, 0.2) is 29.2 Å². The molecule has 3 rings (SSSR count). The standard InChI is InChI=1S/C20H23ClN2O2S2/c1-2-15-8-5-6-11-22(15)18(24)10-12-23-19(25)17(27-20(23)26)13-14-7-3-4-9-16(14)21/h3-4,7,9,13,15H,2,5-6,8,10-12H2,1H3/b17-13-/t15-/m1/s1. The van der Waals surface area contributed by atoms with Crippen molar-refractivity contribution in [3.05, 3.63) is 39.8 Å². The molecule has 2 saturated heterocycles. The van der Waals surface area contributed by atoms with Crippen LogP contribution in [0.1, 0.15) is 44.6 Å². The van der Waals surface area contributed by atoms with Gasteiger partial charge in [-0.05, 0) is 43.4 Å². The van der Waals surface area contributed by atoms with Gasteiger partial charge in [-0.15, -0.1) is 0 Å². The van der Waals surface area contributed by atoms with Crippen LogP contribution in [-0.2, 0) is 9.59 Å². The third-order valence-electron chi connectivity index (χ3n) is 5.03. The minimum absolute atomic E-state index is 0.116. The number of amides is 2. The van der Waals surface area contributed by atoms with E-state index in [0.29, 0.717) is 33.3 Å². The molecule has 0 radical (unpaired) electrons. The van der Waals surface area contributed by atoms with E-state index >= 15 is 0 Å². The number of hydrogen-bond acceptors (Lipinski definition) is 4. The van der Waals surface area contributed by atoms with Crippen molar-refractivity contribution in [1.82, 2.24) is 9.80 Å². The van der Waals surface area contributed by atoms with E-state index in [1.165, 1.54) is 23.1 Å². The Morgan fingerprint density at radius 3 is 2.89 bits per heavy atom. The first-order valence-electron chi connectivity index (χ1n) is 9.30. The van der Waals surface area contributed by atoms with E-state index in [-0.39, 0.29) is 11.8 Å². The molecule has 4 nitrogen and oxygen atoms in total. The molecule has 2 heterocycles. The van der Waals surface area contributed by atoms with Crippen LogP contribution < -0.4 is 0 Å². The van der Waals surface area contributed by atoms with Gasteiger partial charge in [0.2, 0.25) is 5.91 Å². The Labute approximate surface area is 174 Å². The van der Waals surface area contributed by atoms with Crippen molar-refractivity contribution >= 4 is 57.8 Å². The largest absolute Gasteiger partial charge is 0.340 e. The third-order valence-corrected chi connectivity index (χ3v) is 6.76. The van der Waals surface area contributed by atoms with E-state index < -0.39 is 0 Å². The van der Waals surface area contributed by atoms with Gasteiger partial charge in [-0.1, -0.05) is 60.7 Å². The van der Waals surface area contributed by atoms with E-state index in [0.717, 1.165) is 31.4 Å². The van der Waals surface area contributed by atoms with Crippen LogP contribution in [0.3, 0.4) is 0 Å². The van der Waals surface area contributed by atoms with Gasteiger partial charge < -0.3 is 4.90 Å². The van der Waals surface area contributed by atoms with Gasteiger partial charge in [0.25, 0.3) is 5.91 Å². The zero-order chi connectivity index (χ0) is 19.4. The molecule has 0 spiro atoms. The molecule has 2 aliphatic heterocycles. The van der Waals surface area contributed by atoms with Crippen molar-refractivity contribution in [2.24, 2.45) is 0 Å². The number of piperidine rings is 1. The van der Waals surface area contributed by atoms with E-state index in [1.54, 1.807) is 12.1 Å². The molecule has 7 heteroatoms. The van der Waals surface area contributed by atoms with Gasteiger partial charge >= 0.3 is 0 Å². The van der Waals surface area contributed by atoms with Crippen molar-refractivity contribution in [3.8, 4) is 0 Å². The summed E-state index contributed by atoms with van der Waals surface area (Å²) < 4.78 is 0.497. The number of thioether (sulfide) groups is 1. The predicted octanol–water partition coefficient (Wildman–Crippen LogP) is 4.72. The monoisotopic (exact) mass is 422 g/mol. The predicted molar refractivity (Wildman–Crippen MR) is 116 cm³/mol. The Hall–Kier alpha value is -1.37. The molecule has 144 valence electrons. The topological polar surface area (TPSA) is 40.6 Å². The molecule has 0 aromatic heterocycles. The molecule has 0 N–H and O–H groups in total. The summed E-state index contributed by atoms with van der Waals surface area (Å²) in [4.78, 5) is 29.4. The fourth-order valence-electron chi connectivity index (χ4n) is 3.53. The number of carbonyl (C=O) groups is 2. The first-order chi connectivity index (χ1) is 13.0. The van der Waals surface area contributed by atoms with Gasteiger partial charge in [-0.2, -0.15) is 0 Å². The van der Waals surface area contributed by atoms with Crippen molar-refractivity contribution < 1.29 is 9.59 Å². The average Bonchev–Trinajstić information content (AvgIpc) is 2.94. The second kappa shape index (κ2) is 9.22. The third kappa shape index (κ3) is 4.73. The molecule has 0 bridgehead atoms. The summed E-state index contributed by atoms with van der Waals surface area (Å²) >= 11 is 12.8. The Balaban J connectivity index is 1.64. The van der Waals surface area contributed by atoms with Crippen molar-refractivity contribution in [1.29, 1.82) is 0 Å². The first kappa shape index (κ1) is 20.4. The summed E-state index contributed by atoms with van der Waals surface area (Å²) in [6.07, 6.45) is 6.37. The summed E-state index contributed by atoms with van der Waals surface area (Å²) in [5.74, 6) is -0.0333. The molecule has 2 aliphatic rings. The number of likely N-dealkylation sites (tertiary alicyclic amines) is 1. The second-order valence-corrected chi connectivity index (χ2v) is 8.83. The number of halogens is 1. The van der Waals surface area contributed by atoms with E-state index in [2.05, 4.69) is 6.92 Å². The molecule has 0 aliphatic carbocycles. The quantitative estimate of drug-likeness (QED) is 0.508. The summed E-state index contributed by atoms with van der Waals surface area (Å²) in [5, 5.41) is 0.591. The number of thiocarbonyl (C=S) groups is 1. The lowest BCUT2D eigenvalue weighted by Crippen LogP contribution is -2.44. The lowest BCUT2D eigenvalue weighted by molar-refractivity contribution is -0.135. The zero-order valence-electron chi connectivity index (χ0n) is 15.3. The summed E-state index contributed by atoms with van der Waals surface area (Å²) in [7, 11) is 0. The van der Waals surface area contributed by atoms with Crippen LogP contribution in [0.25, 0.3) is 6.08 Å². The SMILES string of the molecule is CC[C@@H]1CCCCN1C(=O)CCN1C(=O)/C(=C/c2ccccc2Cl)SC1=S. The highest BCUT2D eigenvalue weighted by Crippen LogP contribution is 2.34. The zero-order valence-corrected chi connectivity index (χ0v) is 17.7. The molecular formula is C20H23ClN2O2S2. The Morgan fingerprint density at radius 2 is 2.15 bits per heavy atom. The summed E-state index contributed by atoms with van der Waals surface area (Å²) in [6, 6.07) is 7.70. The minimum atomic E-state index is -0.150. The van der Waals surface area contributed by atoms with Crippen LogP contribution in [0.4, 0.5) is 0 Å². The molecule has 0 saturated carbocycles. The highest BCUT2D eigenvalue weighted by atomic mass is 35.5. The molecular weight excluding hydrogens is 400 g/mol. The average molecular weight is 423 g/mol. The van der Waals surface area contributed by atoms with Crippen molar-refractivity contribution in [3.63, 3.8) is 0 Å². The molecule has 1 atom stereocenters. The number of carbonyl (C=O) groups excluding carboxylic acids is 2. The maximum atomic E-state index is 12.7. The summed E-state index contributed by atoms with van der Waals surface area (Å²) in [5.41, 5.74) is 0.787. The maximum Gasteiger partial charge on any atom is 0.266 e. The second-order valence-electron chi connectivity index (χ2n) is 6.75. The molecule has 0 unspecified atom stereocenters. The highest BCUT2D eigenvalue weighted by Gasteiger charge is 2.33. The van der Waals surface area contributed by atoms with Gasteiger partial charge in [0, 0.05) is 30.6 Å². The van der Waals surface area contributed by atoms with Gasteiger partial charge in [-0.25, -0.2) is 0 Å². The molecule has 27 heavy (non-hydrogen) atoms. The van der Waals surface area contributed by atoms with E-state index in [9.17, 15) is 9.59 Å². The van der Waals surface area contributed by atoms with Crippen LogP contribution in [-0.4, -0.2) is 45.1 Å². The fraction of sp³-hybridized carbons (Fsp3) is 0.450. The number of hydrogen-bond donors (Lipinski definition) is 0. The smallest absolute Gasteiger partial charge is 0.266 e. The van der Waals surface area contributed by atoms with Crippen LogP contribution >= 0.6 is 35.6 Å². The number of nitrogens with zero attached hydrogens (tertiary/aromatic N) is 2. The fourth-order valence-corrected chi connectivity index (χ4v) is 5.02. The van der Waals surface area contributed by atoms with Gasteiger partial charge in [0.15, 0.2) is 0 Å². The number of rotatable bonds is 5. The molecule has 1 aromatic carbocycles. The van der Waals surface area contributed by atoms with Gasteiger partial charge in [-0.3, -0.25) is 14.5 Å². The normalized spacial score (nSPS) is 22.0. The van der Waals surface area contributed by atoms with Crippen molar-refractivity contribution in [2.75, 3.05) is 13.1 Å². The van der Waals surface area contributed by atoms with E-state index in [4.69, 9.17) is 23.8 Å². The van der Waals surface area contributed by atoms with Gasteiger partial charge in [0.05, 0.1) is 4.91 Å². The van der Waals surface area contributed by atoms with Crippen LogP contribution in [0, 0.1) is 0 Å².